The van der Waals surface area contributed by atoms with Crippen molar-refractivity contribution in [2.45, 2.75) is 0 Å². The minimum atomic E-state index is -1.99. The largest absolute Gasteiger partial charge is 0.490 e. The summed E-state index contributed by atoms with van der Waals surface area (Å²) in [6, 6.07) is 26.4. The molecule has 0 spiro atoms. The summed E-state index contributed by atoms with van der Waals surface area (Å²) in [5.74, 6) is 2.49. The summed E-state index contributed by atoms with van der Waals surface area (Å²) in [5.41, 5.74) is 3.00. The van der Waals surface area contributed by atoms with Gasteiger partial charge in [-0.15, -0.1) is 0 Å². The first-order valence-electron chi connectivity index (χ1n) is 13.5. The Morgan fingerprint density at radius 1 is 0.548 bits per heavy atom. The van der Waals surface area contributed by atoms with Gasteiger partial charge < -0.3 is 18.9 Å². The van der Waals surface area contributed by atoms with E-state index >= 15 is 0 Å². The average Bonchev–Trinajstić information content (AvgIpc) is 3.04. The van der Waals surface area contributed by atoms with Crippen LogP contribution < -0.4 is 29.6 Å². The topological polar surface area (TPSA) is 54.0 Å². The van der Waals surface area contributed by atoms with E-state index in [1.165, 1.54) is 0 Å². The first kappa shape index (κ1) is 30.1. The van der Waals surface area contributed by atoms with Gasteiger partial charge in [-0.2, -0.15) is 0 Å². The normalized spacial score (nSPS) is 10.7. The van der Waals surface area contributed by atoms with Gasteiger partial charge in [-0.3, -0.25) is 0 Å². The highest BCUT2D eigenvalue weighted by molar-refractivity contribution is 7.61. The van der Waals surface area contributed by atoms with Crippen LogP contribution in [0.1, 0.15) is 0 Å². The number of ether oxygens (including phenoxy) is 4. The van der Waals surface area contributed by atoms with E-state index in [1.807, 2.05) is 84.9 Å². The van der Waals surface area contributed by atoms with Gasteiger partial charge in [-0.05, 0) is 60.2 Å². The maximum atomic E-state index is 14.2. The van der Waals surface area contributed by atoms with Crippen molar-refractivity contribution in [3.05, 3.63) is 136 Å². The predicted octanol–water partition coefficient (Wildman–Crippen LogP) is 8.06. The average molecular weight is 578 g/mol. The smallest absolute Gasteiger partial charge is 0.415 e. The van der Waals surface area contributed by atoms with Crippen molar-refractivity contribution >= 4 is 18.4 Å². The molecule has 0 N–H and O–H groups in total. The van der Waals surface area contributed by atoms with E-state index in [1.54, 1.807) is 24.3 Å². The summed E-state index contributed by atoms with van der Waals surface area (Å²) in [5, 5.41) is 1.36. The SMILES string of the molecule is C=CCOc1ccc(OCC=C)c(-c2cccc([P+](=O)c3ccccc3)c2-c2cc(OCC=C)ccc2OCC=C)c1. The molecule has 0 aliphatic carbocycles. The number of rotatable bonds is 16. The molecule has 0 saturated carbocycles. The lowest BCUT2D eigenvalue weighted by atomic mass is 9.93. The Bertz CT molecular complexity index is 1580. The van der Waals surface area contributed by atoms with E-state index in [0.717, 1.165) is 22.3 Å². The van der Waals surface area contributed by atoms with Crippen LogP contribution in [0, 0.1) is 0 Å². The third-order valence-corrected chi connectivity index (χ3v) is 7.74. The molecule has 4 aromatic rings. The lowest BCUT2D eigenvalue weighted by molar-refractivity contribution is 0.354. The van der Waals surface area contributed by atoms with Crippen LogP contribution >= 0.6 is 7.80 Å². The molecule has 0 aliphatic rings. The van der Waals surface area contributed by atoms with E-state index in [9.17, 15) is 4.57 Å². The molecule has 0 aliphatic heterocycles. The fourth-order valence-electron chi connectivity index (χ4n) is 4.38. The van der Waals surface area contributed by atoms with E-state index in [4.69, 9.17) is 18.9 Å². The second kappa shape index (κ2) is 15.2. The van der Waals surface area contributed by atoms with E-state index in [-0.39, 0.29) is 0 Å². The molecular weight excluding hydrogens is 543 g/mol. The zero-order valence-electron chi connectivity index (χ0n) is 23.5. The van der Waals surface area contributed by atoms with Gasteiger partial charge in [0.15, 0.2) is 5.30 Å². The minimum absolute atomic E-state index is 0.292. The second-order valence-corrected chi connectivity index (χ2v) is 10.6. The number of hydrogen-bond donors (Lipinski definition) is 0. The molecule has 0 bridgehead atoms. The van der Waals surface area contributed by atoms with Crippen LogP contribution in [0.15, 0.2) is 136 Å². The number of benzene rings is 4. The fraction of sp³-hybridized carbons (Fsp3) is 0.111. The van der Waals surface area contributed by atoms with Crippen LogP contribution in [0.25, 0.3) is 22.3 Å². The molecule has 5 nitrogen and oxygen atoms in total. The zero-order chi connectivity index (χ0) is 29.7. The van der Waals surface area contributed by atoms with Crippen molar-refractivity contribution in [3.63, 3.8) is 0 Å². The van der Waals surface area contributed by atoms with E-state index in [0.29, 0.717) is 60.0 Å². The minimum Gasteiger partial charge on any atom is -0.490 e. The lowest BCUT2D eigenvalue weighted by Gasteiger charge is -2.19. The molecule has 42 heavy (non-hydrogen) atoms. The van der Waals surface area contributed by atoms with Gasteiger partial charge in [0.05, 0.1) is 0 Å². The maximum absolute atomic E-state index is 14.2. The molecule has 1 atom stereocenters. The summed E-state index contributed by atoms with van der Waals surface area (Å²) in [7, 11) is -1.99. The molecule has 0 saturated heterocycles. The predicted molar refractivity (Wildman–Crippen MR) is 173 cm³/mol. The fourth-order valence-corrected chi connectivity index (χ4v) is 5.77. The van der Waals surface area contributed by atoms with Gasteiger partial charge in [0.25, 0.3) is 0 Å². The Hall–Kier alpha value is -4.86. The molecule has 6 heteroatoms. The van der Waals surface area contributed by atoms with Gasteiger partial charge in [-0.25, -0.2) is 0 Å². The summed E-state index contributed by atoms with van der Waals surface area (Å²) >= 11 is 0. The first-order chi connectivity index (χ1) is 20.6. The van der Waals surface area contributed by atoms with Crippen LogP contribution in [0.3, 0.4) is 0 Å². The van der Waals surface area contributed by atoms with Crippen LogP contribution in [0.4, 0.5) is 0 Å². The summed E-state index contributed by atoms with van der Waals surface area (Å²) < 4.78 is 38.3. The van der Waals surface area contributed by atoms with Crippen molar-refractivity contribution in [2.24, 2.45) is 0 Å². The van der Waals surface area contributed by atoms with Gasteiger partial charge in [-0.1, -0.05) is 85.5 Å². The highest BCUT2D eigenvalue weighted by atomic mass is 31.1. The van der Waals surface area contributed by atoms with Crippen LogP contribution in [0.5, 0.6) is 23.0 Å². The van der Waals surface area contributed by atoms with Crippen molar-refractivity contribution < 1.29 is 23.5 Å². The molecule has 1 unspecified atom stereocenters. The molecule has 0 amide bonds. The Morgan fingerprint density at radius 2 is 1.07 bits per heavy atom. The maximum Gasteiger partial charge on any atom is 0.415 e. The summed E-state index contributed by atoms with van der Waals surface area (Å²) in [6.07, 6.45) is 6.75. The Balaban J connectivity index is 2.05. The highest BCUT2D eigenvalue weighted by Gasteiger charge is 2.32. The summed E-state index contributed by atoms with van der Waals surface area (Å²) in [4.78, 5) is 0. The Kier molecular flexibility index (Phi) is 10.9. The third kappa shape index (κ3) is 7.25. The second-order valence-electron chi connectivity index (χ2n) is 9.04. The van der Waals surface area contributed by atoms with Crippen molar-refractivity contribution in [1.82, 2.24) is 0 Å². The molecule has 0 aromatic heterocycles. The monoisotopic (exact) mass is 577 g/mol. The van der Waals surface area contributed by atoms with Crippen molar-refractivity contribution in [2.75, 3.05) is 26.4 Å². The summed E-state index contributed by atoms with van der Waals surface area (Å²) in [6.45, 7) is 16.4. The van der Waals surface area contributed by atoms with Gasteiger partial charge in [0.1, 0.15) is 49.4 Å². The molecule has 0 fully saturated rings. The van der Waals surface area contributed by atoms with Crippen LogP contribution in [0.2, 0.25) is 0 Å². The zero-order valence-corrected chi connectivity index (χ0v) is 24.4. The van der Waals surface area contributed by atoms with Crippen LogP contribution in [-0.2, 0) is 4.57 Å². The number of hydrogen-bond acceptors (Lipinski definition) is 5. The van der Waals surface area contributed by atoms with Gasteiger partial charge in [0.2, 0.25) is 5.30 Å². The molecule has 0 radical (unpaired) electrons. The molecule has 0 heterocycles. The third-order valence-electron chi connectivity index (χ3n) is 6.16. The molecule has 4 rings (SSSR count). The van der Waals surface area contributed by atoms with Gasteiger partial charge in [0, 0.05) is 16.7 Å². The van der Waals surface area contributed by atoms with Gasteiger partial charge >= 0.3 is 7.80 Å². The molecule has 212 valence electrons. The highest BCUT2D eigenvalue weighted by Crippen LogP contribution is 2.45. The first-order valence-corrected chi connectivity index (χ1v) is 14.8. The van der Waals surface area contributed by atoms with Crippen molar-refractivity contribution in [1.29, 1.82) is 0 Å². The molecular formula is C36H34O5P+. The standard InChI is InChI=1S/C36H34O5P/c1-5-21-38-27-17-19-33(40-23-7-3)31(25-27)30-15-12-16-35(42(37)29-13-10-9-11-14-29)36(30)32-26-28(39-22-6-2)18-20-34(32)41-24-8-4/h5-20,25-26H,1-4,21-24H2/q+1. The van der Waals surface area contributed by atoms with E-state index < -0.39 is 7.80 Å². The van der Waals surface area contributed by atoms with Crippen LogP contribution in [-0.4, -0.2) is 26.4 Å². The van der Waals surface area contributed by atoms with E-state index in [2.05, 4.69) is 26.3 Å². The Morgan fingerprint density at radius 3 is 1.64 bits per heavy atom. The Labute approximate surface area is 248 Å². The molecule has 4 aromatic carbocycles. The quantitative estimate of drug-likeness (QED) is 0.0996. The van der Waals surface area contributed by atoms with Crippen molar-refractivity contribution in [3.8, 4) is 45.3 Å². The lowest BCUT2D eigenvalue weighted by Crippen LogP contribution is -2.12.